The minimum Gasteiger partial charge on any atom is -0.324 e. The summed E-state index contributed by atoms with van der Waals surface area (Å²) in [6.45, 7) is 2.03. The zero-order valence-corrected chi connectivity index (χ0v) is 11.8. The number of carbonyl (C=O) groups excluding carboxylic acids is 1. The number of aryl methyl sites for hydroxylation is 2. The van der Waals surface area contributed by atoms with Crippen molar-refractivity contribution in [1.82, 2.24) is 0 Å². The maximum Gasteiger partial charge on any atom is 0.241 e. The van der Waals surface area contributed by atoms with E-state index in [4.69, 9.17) is 5.73 Å². The molecule has 0 heterocycles. The molecule has 0 saturated carbocycles. The van der Waals surface area contributed by atoms with Crippen molar-refractivity contribution in [3.63, 3.8) is 0 Å². The van der Waals surface area contributed by atoms with Crippen LogP contribution >= 0.6 is 0 Å². The Labute approximate surface area is 119 Å². The Balaban J connectivity index is 1.96. The van der Waals surface area contributed by atoms with Gasteiger partial charge in [-0.15, -0.1) is 0 Å². The average molecular weight is 268 g/mol. The van der Waals surface area contributed by atoms with Crippen molar-refractivity contribution in [3.05, 3.63) is 41.5 Å². The number of benzene rings is 2. The second-order valence-corrected chi connectivity index (χ2v) is 5.50. The first-order valence-electron chi connectivity index (χ1n) is 7.30. The lowest BCUT2D eigenvalue weighted by molar-refractivity contribution is -0.117. The highest BCUT2D eigenvalue weighted by Gasteiger charge is 2.18. The smallest absolute Gasteiger partial charge is 0.241 e. The summed E-state index contributed by atoms with van der Waals surface area (Å²) in [7, 11) is 0. The van der Waals surface area contributed by atoms with Crippen molar-refractivity contribution in [1.29, 1.82) is 0 Å². The lowest BCUT2D eigenvalue weighted by Gasteiger charge is -2.14. The SMILES string of the molecule is CCCC(N)C(=O)Nc1ccc2c3c(cccc13)CC2. The van der Waals surface area contributed by atoms with Crippen LogP contribution in [-0.2, 0) is 17.6 Å². The Bertz CT molecular complexity index is 653. The Morgan fingerprint density at radius 3 is 2.75 bits per heavy atom. The third-order valence-electron chi connectivity index (χ3n) is 4.07. The third-order valence-corrected chi connectivity index (χ3v) is 4.07. The van der Waals surface area contributed by atoms with Crippen LogP contribution < -0.4 is 11.1 Å². The lowest BCUT2D eigenvalue weighted by Crippen LogP contribution is -2.35. The predicted molar refractivity (Wildman–Crippen MR) is 82.9 cm³/mol. The molecule has 20 heavy (non-hydrogen) atoms. The van der Waals surface area contributed by atoms with Crippen molar-refractivity contribution < 1.29 is 4.79 Å². The Kier molecular flexibility index (Phi) is 3.45. The third kappa shape index (κ3) is 2.18. The summed E-state index contributed by atoms with van der Waals surface area (Å²) in [4.78, 5) is 12.1. The van der Waals surface area contributed by atoms with E-state index in [1.165, 1.54) is 16.5 Å². The van der Waals surface area contributed by atoms with Crippen LogP contribution in [0.15, 0.2) is 30.3 Å². The first-order chi connectivity index (χ1) is 9.70. The molecule has 0 saturated heterocycles. The predicted octanol–water partition coefficient (Wildman–Crippen LogP) is 3.00. The van der Waals surface area contributed by atoms with E-state index in [2.05, 4.69) is 29.6 Å². The van der Waals surface area contributed by atoms with Gasteiger partial charge in [0.25, 0.3) is 0 Å². The topological polar surface area (TPSA) is 55.1 Å². The number of rotatable bonds is 4. The van der Waals surface area contributed by atoms with Crippen molar-refractivity contribution in [3.8, 4) is 0 Å². The molecule has 1 aliphatic carbocycles. The van der Waals surface area contributed by atoms with Crippen molar-refractivity contribution in [2.75, 3.05) is 5.32 Å². The molecule has 1 amide bonds. The van der Waals surface area contributed by atoms with E-state index >= 15 is 0 Å². The van der Waals surface area contributed by atoms with E-state index < -0.39 is 6.04 Å². The van der Waals surface area contributed by atoms with Crippen LogP contribution in [0.1, 0.15) is 30.9 Å². The maximum atomic E-state index is 12.1. The average Bonchev–Trinajstić information content (AvgIpc) is 2.87. The second kappa shape index (κ2) is 5.25. The largest absolute Gasteiger partial charge is 0.324 e. The van der Waals surface area contributed by atoms with Crippen LogP contribution in [0.5, 0.6) is 0 Å². The van der Waals surface area contributed by atoms with E-state index in [0.717, 1.165) is 30.3 Å². The molecule has 0 radical (unpaired) electrons. The maximum absolute atomic E-state index is 12.1. The van der Waals surface area contributed by atoms with Gasteiger partial charge in [-0.2, -0.15) is 0 Å². The first-order valence-corrected chi connectivity index (χ1v) is 7.30. The number of nitrogens with one attached hydrogen (secondary N) is 1. The molecule has 3 nitrogen and oxygen atoms in total. The molecular formula is C17H20N2O. The normalized spacial score (nSPS) is 14.5. The van der Waals surface area contributed by atoms with E-state index in [9.17, 15) is 4.79 Å². The molecule has 1 aliphatic rings. The number of nitrogens with two attached hydrogens (primary N) is 1. The molecule has 0 aliphatic heterocycles. The van der Waals surface area contributed by atoms with Gasteiger partial charge in [0.2, 0.25) is 5.91 Å². The molecular weight excluding hydrogens is 248 g/mol. The van der Waals surface area contributed by atoms with Crippen LogP contribution in [0.3, 0.4) is 0 Å². The Morgan fingerprint density at radius 2 is 2.00 bits per heavy atom. The zero-order chi connectivity index (χ0) is 14.1. The van der Waals surface area contributed by atoms with Gasteiger partial charge in [-0.05, 0) is 41.8 Å². The van der Waals surface area contributed by atoms with Gasteiger partial charge < -0.3 is 11.1 Å². The summed E-state index contributed by atoms with van der Waals surface area (Å²) in [6, 6.07) is 10.0. The van der Waals surface area contributed by atoms with Crippen LogP contribution in [-0.4, -0.2) is 11.9 Å². The summed E-state index contributed by atoms with van der Waals surface area (Å²) < 4.78 is 0. The van der Waals surface area contributed by atoms with Gasteiger partial charge in [-0.1, -0.05) is 37.6 Å². The molecule has 104 valence electrons. The molecule has 2 aromatic carbocycles. The Hall–Kier alpha value is -1.87. The van der Waals surface area contributed by atoms with Gasteiger partial charge in [0.1, 0.15) is 0 Å². The van der Waals surface area contributed by atoms with E-state index in [0.29, 0.717) is 6.42 Å². The van der Waals surface area contributed by atoms with E-state index in [-0.39, 0.29) is 5.91 Å². The standard InChI is InChI=1S/C17H20N2O/c1-2-4-14(18)17(20)19-15-10-9-12-8-7-11-5-3-6-13(15)16(11)12/h3,5-6,9-10,14H,2,4,7-8,18H2,1H3,(H,19,20). The van der Waals surface area contributed by atoms with E-state index in [1.54, 1.807) is 0 Å². The number of amides is 1. The molecule has 0 spiro atoms. The van der Waals surface area contributed by atoms with E-state index in [1.807, 2.05) is 13.0 Å². The summed E-state index contributed by atoms with van der Waals surface area (Å²) in [5, 5.41) is 5.44. The van der Waals surface area contributed by atoms with Gasteiger partial charge in [0.05, 0.1) is 6.04 Å². The van der Waals surface area contributed by atoms with Crippen LogP contribution in [0.2, 0.25) is 0 Å². The minimum absolute atomic E-state index is 0.0921. The van der Waals surface area contributed by atoms with Gasteiger partial charge in [-0.3, -0.25) is 4.79 Å². The molecule has 3 rings (SSSR count). The van der Waals surface area contributed by atoms with Crippen LogP contribution in [0, 0.1) is 0 Å². The van der Waals surface area contributed by atoms with Crippen LogP contribution in [0.4, 0.5) is 5.69 Å². The molecule has 3 heteroatoms. The Morgan fingerprint density at radius 1 is 1.25 bits per heavy atom. The van der Waals surface area contributed by atoms with Gasteiger partial charge in [-0.25, -0.2) is 0 Å². The second-order valence-electron chi connectivity index (χ2n) is 5.50. The highest BCUT2D eigenvalue weighted by Crippen LogP contribution is 2.34. The van der Waals surface area contributed by atoms with Crippen molar-refractivity contribution >= 4 is 22.4 Å². The fourth-order valence-electron chi connectivity index (χ4n) is 3.02. The highest BCUT2D eigenvalue weighted by atomic mass is 16.2. The number of hydrogen-bond acceptors (Lipinski definition) is 2. The molecule has 0 aromatic heterocycles. The fraction of sp³-hybridized carbons (Fsp3) is 0.353. The monoisotopic (exact) mass is 268 g/mol. The molecule has 0 fully saturated rings. The zero-order valence-electron chi connectivity index (χ0n) is 11.8. The lowest BCUT2D eigenvalue weighted by atomic mass is 10.0. The quantitative estimate of drug-likeness (QED) is 0.895. The summed E-state index contributed by atoms with van der Waals surface area (Å²) >= 11 is 0. The van der Waals surface area contributed by atoms with Crippen LogP contribution in [0.25, 0.3) is 10.8 Å². The first kappa shape index (κ1) is 13.1. The van der Waals surface area contributed by atoms with Crippen molar-refractivity contribution in [2.24, 2.45) is 5.73 Å². The number of hydrogen-bond donors (Lipinski definition) is 2. The summed E-state index contributed by atoms with van der Waals surface area (Å²) in [5.74, 6) is -0.0921. The molecule has 1 unspecified atom stereocenters. The molecule has 2 aromatic rings. The molecule has 1 atom stereocenters. The van der Waals surface area contributed by atoms with Crippen molar-refractivity contribution in [2.45, 2.75) is 38.6 Å². The van der Waals surface area contributed by atoms with Gasteiger partial charge in [0, 0.05) is 11.1 Å². The highest BCUT2D eigenvalue weighted by molar-refractivity contribution is 6.06. The molecule has 3 N–H and O–H groups in total. The molecule has 0 bridgehead atoms. The minimum atomic E-state index is -0.428. The number of anilines is 1. The summed E-state index contributed by atoms with van der Waals surface area (Å²) in [5.41, 5.74) is 9.52. The van der Waals surface area contributed by atoms with Gasteiger partial charge in [0.15, 0.2) is 0 Å². The number of carbonyl (C=O) groups is 1. The summed E-state index contributed by atoms with van der Waals surface area (Å²) in [6.07, 6.45) is 3.82. The van der Waals surface area contributed by atoms with Gasteiger partial charge >= 0.3 is 0 Å². The fourth-order valence-corrected chi connectivity index (χ4v) is 3.02.